The predicted molar refractivity (Wildman–Crippen MR) is 47.1 cm³/mol. The number of aromatic nitrogens is 1. The van der Waals surface area contributed by atoms with Gasteiger partial charge in [-0.15, -0.1) is 0 Å². The fraction of sp³-hybridized carbons (Fsp3) is 0. The molecule has 0 N–H and O–H groups in total. The molecule has 0 atom stereocenters. The van der Waals surface area contributed by atoms with Crippen LogP contribution in [0.4, 0.5) is 0 Å². The summed E-state index contributed by atoms with van der Waals surface area (Å²) in [6.07, 6.45) is 2.81. The van der Waals surface area contributed by atoms with Crippen LogP contribution in [0.25, 0.3) is 6.08 Å². The molecule has 4 heteroatoms. The molecule has 0 aliphatic rings. The summed E-state index contributed by atoms with van der Waals surface area (Å²) in [6, 6.07) is 1.67. The maximum Gasteiger partial charge on any atom is 0.143 e. The van der Waals surface area contributed by atoms with Gasteiger partial charge in [0.15, 0.2) is 0 Å². The Kier molecular flexibility index (Phi) is 2.83. The number of rotatable bonds is 1. The van der Waals surface area contributed by atoms with Gasteiger partial charge in [0, 0.05) is 17.8 Å². The van der Waals surface area contributed by atoms with Gasteiger partial charge in [-0.25, -0.2) is 9.78 Å². The summed E-state index contributed by atoms with van der Waals surface area (Å²) in [5, 5.41) is 0.342. The molecule has 1 heterocycles. The Morgan fingerprint density at radius 2 is 2.45 bits per heavy atom. The standard InChI is InChI=1S/C7H3BrClNO/c8-6-5(2-4-11)1-3-10-7(6)9/h1-3H. The van der Waals surface area contributed by atoms with Crippen molar-refractivity contribution in [2.45, 2.75) is 0 Å². The van der Waals surface area contributed by atoms with Gasteiger partial charge in [-0.2, -0.15) is 0 Å². The van der Waals surface area contributed by atoms with Gasteiger partial charge in [0.25, 0.3) is 0 Å². The lowest BCUT2D eigenvalue weighted by atomic mass is 10.3. The van der Waals surface area contributed by atoms with Crippen molar-refractivity contribution in [3.8, 4) is 0 Å². The van der Waals surface area contributed by atoms with Crippen LogP contribution in [0.1, 0.15) is 5.56 Å². The minimum Gasteiger partial charge on any atom is -0.243 e. The molecule has 0 spiro atoms. The highest BCUT2D eigenvalue weighted by Crippen LogP contribution is 2.23. The molecule has 2 nitrogen and oxygen atoms in total. The number of carbonyl (C=O) groups excluding carboxylic acids is 1. The average Bonchev–Trinajstić information content (AvgIpc) is 1.99. The second-order valence-electron chi connectivity index (χ2n) is 1.77. The third kappa shape index (κ3) is 1.90. The smallest absolute Gasteiger partial charge is 0.143 e. The van der Waals surface area contributed by atoms with Gasteiger partial charge in [-0.3, -0.25) is 0 Å². The molecule has 0 aromatic carbocycles. The Morgan fingerprint density at radius 3 is 3.09 bits per heavy atom. The van der Waals surface area contributed by atoms with Gasteiger partial charge in [0.05, 0.1) is 4.47 Å². The Bertz CT molecular complexity index is 320. The predicted octanol–water partition coefficient (Wildman–Crippen LogP) is 2.34. The third-order valence-corrected chi connectivity index (χ3v) is 2.44. The Labute approximate surface area is 77.0 Å². The van der Waals surface area contributed by atoms with E-state index in [2.05, 4.69) is 20.9 Å². The zero-order chi connectivity index (χ0) is 8.27. The molecule has 0 saturated carbocycles. The molecule has 1 aromatic rings. The van der Waals surface area contributed by atoms with Gasteiger partial charge >= 0.3 is 0 Å². The van der Waals surface area contributed by atoms with Crippen LogP contribution in [0.3, 0.4) is 0 Å². The summed E-state index contributed by atoms with van der Waals surface area (Å²) in [4.78, 5) is 13.8. The van der Waals surface area contributed by atoms with Gasteiger partial charge in [-0.05, 0) is 22.0 Å². The molecule has 1 aromatic heterocycles. The molecule has 0 saturated heterocycles. The summed E-state index contributed by atoms with van der Waals surface area (Å²) in [7, 11) is 0. The average molecular weight is 232 g/mol. The van der Waals surface area contributed by atoms with E-state index in [0.717, 1.165) is 0 Å². The van der Waals surface area contributed by atoms with E-state index >= 15 is 0 Å². The first-order chi connectivity index (χ1) is 5.25. The van der Waals surface area contributed by atoms with Crippen LogP contribution < -0.4 is 0 Å². The molecule has 0 aliphatic heterocycles. The van der Waals surface area contributed by atoms with Crippen LogP contribution in [-0.2, 0) is 4.79 Å². The molecular weight excluding hydrogens is 229 g/mol. The Balaban J connectivity index is 3.26. The molecule has 56 valence electrons. The second kappa shape index (κ2) is 3.67. The highest BCUT2D eigenvalue weighted by Gasteiger charge is 2.00. The van der Waals surface area contributed by atoms with Crippen molar-refractivity contribution in [2.75, 3.05) is 0 Å². The van der Waals surface area contributed by atoms with Crippen LogP contribution in [0.2, 0.25) is 5.15 Å². The second-order valence-corrected chi connectivity index (χ2v) is 2.92. The summed E-state index contributed by atoms with van der Waals surface area (Å²) in [5.74, 6) is 1.66. The lowest BCUT2D eigenvalue weighted by molar-refractivity contribution is 0.570. The molecule has 0 unspecified atom stereocenters. The molecule has 1 rings (SSSR count). The van der Waals surface area contributed by atoms with E-state index in [1.807, 2.05) is 0 Å². The number of halogens is 2. The van der Waals surface area contributed by atoms with E-state index < -0.39 is 0 Å². The molecule has 11 heavy (non-hydrogen) atoms. The van der Waals surface area contributed by atoms with Crippen molar-refractivity contribution in [1.29, 1.82) is 0 Å². The minimum atomic E-state index is 0.342. The minimum absolute atomic E-state index is 0.342. The first kappa shape index (κ1) is 8.47. The number of nitrogens with zero attached hydrogens (tertiary/aromatic N) is 1. The number of hydrogen-bond donors (Lipinski definition) is 0. The highest BCUT2D eigenvalue weighted by atomic mass is 79.9. The van der Waals surface area contributed by atoms with Crippen molar-refractivity contribution in [1.82, 2.24) is 4.98 Å². The molecule has 0 aliphatic carbocycles. The van der Waals surface area contributed by atoms with Gasteiger partial charge in [0.1, 0.15) is 11.1 Å². The molecular formula is C7H3BrClNO. The first-order valence-electron chi connectivity index (χ1n) is 2.76. The Morgan fingerprint density at radius 1 is 1.73 bits per heavy atom. The topological polar surface area (TPSA) is 30.0 Å². The number of hydrogen-bond acceptors (Lipinski definition) is 2. The number of pyridine rings is 1. The first-order valence-corrected chi connectivity index (χ1v) is 3.93. The van der Waals surface area contributed by atoms with Crippen LogP contribution in [0, 0.1) is 0 Å². The summed E-state index contributed by atoms with van der Waals surface area (Å²) in [6.45, 7) is 0. The quantitative estimate of drug-likeness (QED) is 0.549. The maximum atomic E-state index is 9.97. The summed E-state index contributed by atoms with van der Waals surface area (Å²) >= 11 is 8.82. The normalized spacial score (nSPS) is 8.91. The lowest BCUT2D eigenvalue weighted by Gasteiger charge is -1.96. The molecule has 0 fully saturated rings. The van der Waals surface area contributed by atoms with Gasteiger partial charge < -0.3 is 0 Å². The zero-order valence-corrected chi connectivity index (χ0v) is 7.69. The van der Waals surface area contributed by atoms with E-state index in [1.54, 1.807) is 12.0 Å². The van der Waals surface area contributed by atoms with Crippen molar-refractivity contribution in [3.63, 3.8) is 0 Å². The fourth-order valence-electron chi connectivity index (χ4n) is 0.607. The van der Waals surface area contributed by atoms with E-state index in [-0.39, 0.29) is 0 Å². The maximum absolute atomic E-state index is 9.97. The van der Waals surface area contributed by atoms with E-state index in [4.69, 9.17) is 11.6 Å². The largest absolute Gasteiger partial charge is 0.243 e. The zero-order valence-electron chi connectivity index (χ0n) is 5.34. The van der Waals surface area contributed by atoms with E-state index in [0.29, 0.717) is 15.2 Å². The van der Waals surface area contributed by atoms with Crippen LogP contribution in [0.5, 0.6) is 0 Å². The van der Waals surface area contributed by atoms with Crippen molar-refractivity contribution >= 4 is 39.5 Å². The van der Waals surface area contributed by atoms with Gasteiger partial charge in [-0.1, -0.05) is 11.6 Å². The van der Waals surface area contributed by atoms with E-state index in [9.17, 15) is 4.79 Å². The van der Waals surface area contributed by atoms with Crippen molar-refractivity contribution < 1.29 is 4.79 Å². The van der Waals surface area contributed by atoms with Crippen LogP contribution in [0.15, 0.2) is 16.7 Å². The SMILES string of the molecule is O=C=Cc1ccnc(Cl)c1Br. The van der Waals surface area contributed by atoms with Crippen molar-refractivity contribution in [3.05, 3.63) is 27.5 Å². The third-order valence-electron chi connectivity index (χ3n) is 1.09. The molecule has 0 amide bonds. The summed E-state index contributed by atoms with van der Waals surface area (Å²) in [5.41, 5.74) is 0.681. The van der Waals surface area contributed by atoms with Crippen LogP contribution >= 0.6 is 27.5 Å². The molecule has 0 radical (unpaired) electrons. The fourth-order valence-corrected chi connectivity index (χ4v) is 1.12. The van der Waals surface area contributed by atoms with E-state index in [1.165, 1.54) is 12.3 Å². The van der Waals surface area contributed by atoms with Gasteiger partial charge in [0.2, 0.25) is 0 Å². The Hall–Kier alpha value is -0.630. The lowest BCUT2D eigenvalue weighted by Crippen LogP contribution is -1.80. The van der Waals surface area contributed by atoms with Crippen LogP contribution in [-0.4, -0.2) is 10.9 Å². The molecule has 0 bridgehead atoms. The summed E-state index contributed by atoms with van der Waals surface area (Å²) < 4.78 is 0.616. The monoisotopic (exact) mass is 231 g/mol. The highest BCUT2D eigenvalue weighted by molar-refractivity contribution is 9.10. The van der Waals surface area contributed by atoms with Crippen molar-refractivity contribution in [2.24, 2.45) is 0 Å².